The van der Waals surface area contributed by atoms with Crippen molar-refractivity contribution in [2.45, 2.75) is 12.8 Å². The van der Waals surface area contributed by atoms with Gasteiger partial charge in [0.2, 0.25) is 5.95 Å². The molecular formula is C18H19FN4O3. The van der Waals surface area contributed by atoms with Crippen LogP contribution < -0.4 is 5.32 Å². The molecule has 2 aromatic rings. The molecule has 0 unspecified atom stereocenters. The highest BCUT2D eigenvalue weighted by Crippen LogP contribution is 2.34. The van der Waals surface area contributed by atoms with Gasteiger partial charge in [0.15, 0.2) is 0 Å². The van der Waals surface area contributed by atoms with Gasteiger partial charge in [-0.15, -0.1) is 0 Å². The van der Waals surface area contributed by atoms with Crippen molar-refractivity contribution in [3.8, 4) is 0 Å². The Morgan fingerprint density at radius 3 is 2.65 bits per heavy atom. The molecule has 0 saturated carbocycles. The van der Waals surface area contributed by atoms with Gasteiger partial charge in [0.25, 0.3) is 5.91 Å². The van der Waals surface area contributed by atoms with E-state index in [1.54, 1.807) is 12.1 Å². The summed E-state index contributed by atoms with van der Waals surface area (Å²) in [6, 6.07) is 5.86. The van der Waals surface area contributed by atoms with Crippen molar-refractivity contribution in [3.05, 3.63) is 53.6 Å². The Hall–Kier alpha value is -3.03. The highest BCUT2D eigenvalue weighted by molar-refractivity contribution is 5.94. The summed E-state index contributed by atoms with van der Waals surface area (Å²) in [6.45, 7) is 2.83. The van der Waals surface area contributed by atoms with E-state index in [0.717, 1.165) is 0 Å². The Bertz CT molecular complexity index is 812. The van der Waals surface area contributed by atoms with Gasteiger partial charge in [-0.2, -0.15) is 0 Å². The molecule has 3 rings (SSSR count). The fraction of sp³-hybridized carbons (Fsp3) is 0.333. The molecule has 1 aromatic heterocycles. The number of amides is 1. The molecule has 1 aliphatic heterocycles. The number of carboxylic acids is 1. The Labute approximate surface area is 149 Å². The van der Waals surface area contributed by atoms with Gasteiger partial charge in [-0.3, -0.25) is 9.59 Å². The van der Waals surface area contributed by atoms with E-state index in [4.69, 9.17) is 0 Å². The second kappa shape index (κ2) is 7.47. The van der Waals surface area contributed by atoms with Crippen LogP contribution in [0, 0.1) is 11.7 Å². The average molecular weight is 358 g/mol. The minimum absolute atomic E-state index is 0.0598. The van der Waals surface area contributed by atoms with Crippen LogP contribution in [0.4, 0.5) is 10.3 Å². The Morgan fingerprint density at radius 1 is 1.31 bits per heavy atom. The number of benzene rings is 1. The molecule has 7 nitrogen and oxygen atoms in total. The third-order valence-electron chi connectivity index (χ3n) is 4.43. The minimum atomic E-state index is -1.01. The molecule has 0 bridgehead atoms. The molecule has 1 aromatic carbocycles. The first-order valence-corrected chi connectivity index (χ1v) is 8.33. The van der Waals surface area contributed by atoms with E-state index in [2.05, 4.69) is 15.3 Å². The maximum atomic E-state index is 13.5. The van der Waals surface area contributed by atoms with Crippen molar-refractivity contribution in [3.63, 3.8) is 0 Å². The molecular weight excluding hydrogens is 339 g/mol. The normalized spacial score (nSPS) is 19.4. The first-order chi connectivity index (χ1) is 12.5. The van der Waals surface area contributed by atoms with Gasteiger partial charge in [0, 0.05) is 37.9 Å². The molecule has 8 heteroatoms. The number of carbonyl (C=O) groups is 2. The van der Waals surface area contributed by atoms with E-state index in [-0.39, 0.29) is 24.6 Å². The molecule has 26 heavy (non-hydrogen) atoms. The van der Waals surface area contributed by atoms with Crippen LogP contribution in [0.15, 0.2) is 36.7 Å². The van der Waals surface area contributed by atoms with Crippen molar-refractivity contribution in [2.24, 2.45) is 5.92 Å². The second-order valence-electron chi connectivity index (χ2n) is 6.14. The number of aromatic nitrogens is 2. The van der Waals surface area contributed by atoms with Crippen molar-refractivity contribution < 1.29 is 19.1 Å². The number of hydrogen-bond donors (Lipinski definition) is 2. The zero-order chi connectivity index (χ0) is 18.7. The Morgan fingerprint density at radius 2 is 2.04 bits per heavy atom. The third-order valence-corrected chi connectivity index (χ3v) is 4.43. The Balaban J connectivity index is 1.80. The van der Waals surface area contributed by atoms with Crippen LogP contribution >= 0.6 is 0 Å². The van der Waals surface area contributed by atoms with E-state index in [0.29, 0.717) is 18.1 Å². The van der Waals surface area contributed by atoms with E-state index in [1.807, 2.05) is 6.92 Å². The molecule has 1 amide bonds. The first kappa shape index (κ1) is 17.8. The van der Waals surface area contributed by atoms with E-state index in [1.165, 1.54) is 29.4 Å². The zero-order valence-electron chi connectivity index (χ0n) is 14.2. The molecule has 1 aliphatic rings. The van der Waals surface area contributed by atoms with E-state index in [9.17, 15) is 19.1 Å². The summed E-state index contributed by atoms with van der Waals surface area (Å²) in [6.07, 6.45) is 2.83. The van der Waals surface area contributed by atoms with Gasteiger partial charge >= 0.3 is 5.97 Å². The number of rotatable bonds is 5. The standard InChI is InChI=1S/C18H19FN4O3/c1-2-20-18-21-7-12(8-22-18)16(24)23-9-14(15(10-23)17(25)26)11-4-3-5-13(19)6-11/h3-8,14-15H,2,9-10H2,1H3,(H,25,26)(H,20,21,22)/t14-,15+/m1/s1. The monoisotopic (exact) mass is 358 g/mol. The van der Waals surface area contributed by atoms with Crippen LogP contribution in [0.3, 0.4) is 0 Å². The molecule has 2 heterocycles. The molecule has 2 atom stereocenters. The number of aliphatic carboxylic acids is 1. The van der Waals surface area contributed by atoms with Crippen LogP contribution in [-0.4, -0.2) is 51.5 Å². The summed E-state index contributed by atoms with van der Waals surface area (Å²) in [5, 5.41) is 12.5. The molecule has 1 saturated heterocycles. The average Bonchev–Trinajstić information content (AvgIpc) is 3.08. The number of carbonyl (C=O) groups excluding carboxylic acids is 1. The summed E-state index contributed by atoms with van der Waals surface area (Å²) in [4.78, 5) is 33.9. The van der Waals surface area contributed by atoms with Gasteiger partial charge < -0.3 is 15.3 Å². The fourth-order valence-electron chi connectivity index (χ4n) is 3.17. The highest BCUT2D eigenvalue weighted by atomic mass is 19.1. The molecule has 136 valence electrons. The quantitative estimate of drug-likeness (QED) is 0.849. The van der Waals surface area contributed by atoms with Crippen molar-refractivity contribution in [1.82, 2.24) is 14.9 Å². The van der Waals surface area contributed by atoms with Crippen molar-refractivity contribution in [1.29, 1.82) is 0 Å². The van der Waals surface area contributed by atoms with Gasteiger partial charge in [0.1, 0.15) is 5.82 Å². The maximum absolute atomic E-state index is 13.5. The van der Waals surface area contributed by atoms with Crippen molar-refractivity contribution in [2.75, 3.05) is 25.0 Å². The number of carboxylic acid groups (broad SMARTS) is 1. The number of hydrogen-bond acceptors (Lipinski definition) is 5. The topological polar surface area (TPSA) is 95.4 Å². The summed E-state index contributed by atoms with van der Waals surface area (Å²) in [7, 11) is 0. The SMILES string of the molecule is CCNc1ncc(C(=O)N2C[C@H](C(=O)O)[C@@H](c3cccc(F)c3)C2)cn1. The zero-order valence-corrected chi connectivity index (χ0v) is 14.2. The number of likely N-dealkylation sites (tertiary alicyclic amines) is 1. The summed E-state index contributed by atoms with van der Waals surface area (Å²) in [5.41, 5.74) is 0.863. The first-order valence-electron chi connectivity index (χ1n) is 8.33. The largest absolute Gasteiger partial charge is 0.481 e. The van der Waals surface area contributed by atoms with E-state index < -0.39 is 23.6 Å². The third kappa shape index (κ3) is 3.63. The number of anilines is 1. The van der Waals surface area contributed by atoms with Crippen LogP contribution in [0.5, 0.6) is 0 Å². The molecule has 0 aliphatic carbocycles. The van der Waals surface area contributed by atoms with Crippen molar-refractivity contribution >= 4 is 17.8 Å². The van der Waals surface area contributed by atoms with Gasteiger partial charge in [-0.1, -0.05) is 12.1 Å². The number of nitrogens with one attached hydrogen (secondary N) is 1. The number of halogens is 1. The summed E-state index contributed by atoms with van der Waals surface area (Å²) in [5.74, 6) is -2.60. The van der Waals surface area contributed by atoms with Crippen LogP contribution in [0.25, 0.3) is 0 Å². The smallest absolute Gasteiger partial charge is 0.308 e. The van der Waals surface area contributed by atoms with E-state index >= 15 is 0 Å². The predicted molar refractivity (Wildman–Crippen MR) is 92.4 cm³/mol. The summed E-state index contributed by atoms with van der Waals surface area (Å²) >= 11 is 0. The van der Waals surface area contributed by atoms with Crippen LogP contribution in [0.2, 0.25) is 0 Å². The Kier molecular flexibility index (Phi) is 5.11. The molecule has 1 fully saturated rings. The van der Waals surface area contributed by atoms with Crippen LogP contribution in [-0.2, 0) is 4.79 Å². The fourth-order valence-corrected chi connectivity index (χ4v) is 3.17. The lowest BCUT2D eigenvalue weighted by atomic mass is 9.89. The second-order valence-corrected chi connectivity index (χ2v) is 6.14. The lowest BCUT2D eigenvalue weighted by Crippen LogP contribution is -2.30. The minimum Gasteiger partial charge on any atom is -0.481 e. The molecule has 0 spiro atoms. The van der Waals surface area contributed by atoms with Gasteiger partial charge in [-0.25, -0.2) is 14.4 Å². The molecule has 2 N–H and O–H groups in total. The van der Waals surface area contributed by atoms with Gasteiger partial charge in [-0.05, 0) is 24.6 Å². The lowest BCUT2D eigenvalue weighted by Gasteiger charge is -2.16. The summed E-state index contributed by atoms with van der Waals surface area (Å²) < 4.78 is 13.5. The predicted octanol–water partition coefficient (Wildman–Crippen LogP) is 1.99. The number of nitrogens with zero attached hydrogens (tertiary/aromatic N) is 3. The van der Waals surface area contributed by atoms with Gasteiger partial charge in [0.05, 0.1) is 11.5 Å². The highest BCUT2D eigenvalue weighted by Gasteiger charge is 2.40. The van der Waals surface area contributed by atoms with Crippen LogP contribution in [0.1, 0.15) is 28.8 Å². The lowest BCUT2D eigenvalue weighted by molar-refractivity contribution is -0.141. The molecule has 0 radical (unpaired) electrons. The maximum Gasteiger partial charge on any atom is 0.308 e.